The van der Waals surface area contributed by atoms with Crippen LogP contribution in [0.2, 0.25) is 0 Å². The lowest BCUT2D eigenvalue weighted by Crippen LogP contribution is -2.16. The van der Waals surface area contributed by atoms with Gasteiger partial charge >= 0.3 is 5.88 Å². The van der Waals surface area contributed by atoms with E-state index in [2.05, 4.69) is 12.2 Å². The highest BCUT2D eigenvalue weighted by Gasteiger charge is 2.10. The topological polar surface area (TPSA) is 68.3 Å². The Morgan fingerprint density at radius 1 is 1.62 bits per heavy atom. The Morgan fingerprint density at radius 3 is 2.94 bits per heavy atom. The van der Waals surface area contributed by atoms with Crippen LogP contribution in [0.5, 0.6) is 0 Å². The molecule has 0 bridgehead atoms. The van der Waals surface area contributed by atoms with E-state index >= 15 is 0 Å². The molecule has 0 unspecified atom stereocenters. The maximum Gasteiger partial charge on any atom is 0.433 e. The summed E-state index contributed by atoms with van der Waals surface area (Å²) in [6.07, 6.45) is 2.88. The summed E-state index contributed by atoms with van der Waals surface area (Å²) in [6, 6.07) is 2.96. The van der Waals surface area contributed by atoms with Crippen molar-refractivity contribution in [1.29, 1.82) is 0 Å². The molecule has 1 N–H and O–H groups in total. The minimum absolute atomic E-state index is 0.222. The highest BCUT2D eigenvalue weighted by Crippen LogP contribution is 2.17. The fraction of sp³-hybridized carbons (Fsp3) is 0.455. The molecule has 1 aromatic heterocycles. The van der Waals surface area contributed by atoms with E-state index in [0.717, 1.165) is 25.1 Å². The third-order valence-electron chi connectivity index (χ3n) is 2.01. The van der Waals surface area contributed by atoms with Gasteiger partial charge in [-0.25, -0.2) is 0 Å². The van der Waals surface area contributed by atoms with Gasteiger partial charge in [-0.05, 0) is 32.0 Å². The van der Waals surface area contributed by atoms with E-state index < -0.39 is 4.92 Å². The van der Waals surface area contributed by atoms with Gasteiger partial charge in [-0.15, -0.1) is 0 Å². The molecule has 1 heterocycles. The summed E-state index contributed by atoms with van der Waals surface area (Å²) in [4.78, 5) is 9.85. The molecule has 5 heteroatoms. The molecule has 0 aliphatic rings. The Labute approximate surface area is 94.3 Å². The van der Waals surface area contributed by atoms with Gasteiger partial charge in [0, 0.05) is 6.54 Å². The van der Waals surface area contributed by atoms with E-state index in [1.807, 2.05) is 6.92 Å². The summed E-state index contributed by atoms with van der Waals surface area (Å²) in [6.45, 7) is 5.78. The van der Waals surface area contributed by atoms with Crippen LogP contribution in [0.15, 0.2) is 22.1 Å². The predicted molar refractivity (Wildman–Crippen MR) is 62.2 cm³/mol. The first-order valence-corrected chi connectivity index (χ1v) is 5.25. The molecule has 0 aromatic carbocycles. The Bertz CT molecular complexity index is 382. The summed E-state index contributed by atoms with van der Waals surface area (Å²) >= 11 is 0. The molecule has 0 radical (unpaired) electrons. The largest absolute Gasteiger partial charge is 0.433 e. The third-order valence-corrected chi connectivity index (χ3v) is 2.01. The van der Waals surface area contributed by atoms with Gasteiger partial charge < -0.3 is 9.73 Å². The molecule has 0 saturated carbocycles. The van der Waals surface area contributed by atoms with Crippen LogP contribution in [0.1, 0.15) is 26.0 Å². The first-order chi connectivity index (χ1) is 7.63. The first-order valence-electron chi connectivity index (χ1n) is 5.25. The maximum atomic E-state index is 10.4. The van der Waals surface area contributed by atoms with Crippen LogP contribution in [-0.4, -0.2) is 18.0 Å². The Morgan fingerprint density at radius 2 is 2.38 bits per heavy atom. The van der Waals surface area contributed by atoms with Crippen molar-refractivity contribution < 1.29 is 9.34 Å². The molecular weight excluding hydrogens is 208 g/mol. The SMILES string of the molecule is CCCNCC(C)=Cc1ccc([N+](=O)[O-])o1. The van der Waals surface area contributed by atoms with Gasteiger partial charge in [-0.2, -0.15) is 0 Å². The minimum atomic E-state index is -0.540. The van der Waals surface area contributed by atoms with Crippen LogP contribution in [0.25, 0.3) is 6.08 Å². The van der Waals surface area contributed by atoms with Crippen molar-refractivity contribution in [2.45, 2.75) is 20.3 Å². The number of hydrogen-bond acceptors (Lipinski definition) is 4. The number of rotatable bonds is 6. The van der Waals surface area contributed by atoms with E-state index in [4.69, 9.17) is 4.42 Å². The summed E-state index contributed by atoms with van der Waals surface area (Å²) in [7, 11) is 0. The van der Waals surface area contributed by atoms with Crippen molar-refractivity contribution in [1.82, 2.24) is 5.32 Å². The lowest BCUT2D eigenvalue weighted by molar-refractivity contribution is -0.402. The molecule has 0 spiro atoms. The van der Waals surface area contributed by atoms with Gasteiger partial charge in [0.25, 0.3) is 0 Å². The molecule has 1 rings (SSSR count). The zero-order chi connectivity index (χ0) is 12.0. The standard InChI is InChI=1S/C11H16N2O3/c1-3-6-12-8-9(2)7-10-4-5-11(16-10)13(14)15/h4-5,7,12H,3,6,8H2,1-2H3. The van der Waals surface area contributed by atoms with Gasteiger partial charge in [0.15, 0.2) is 0 Å². The lowest BCUT2D eigenvalue weighted by Gasteiger charge is -2.01. The molecule has 88 valence electrons. The fourth-order valence-electron chi connectivity index (χ4n) is 1.27. The first kappa shape index (κ1) is 12.4. The van der Waals surface area contributed by atoms with Gasteiger partial charge in [0.1, 0.15) is 10.7 Å². The average molecular weight is 224 g/mol. The van der Waals surface area contributed by atoms with Crippen molar-refractivity contribution >= 4 is 12.0 Å². The van der Waals surface area contributed by atoms with E-state index in [-0.39, 0.29) is 5.88 Å². The van der Waals surface area contributed by atoms with Crippen LogP contribution < -0.4 is 5.32 Å². The Balaban J connectivity index is 2.56. The molecule has 0 aliphatic carbocycles. The summed E-state index contributed by atoms with van der Waals surface area (Å²) in [5.74, 6) is 0.295. The van der Waals surface area contributed by atoms with Crippen molar-refractivity contribution in [2.24, 2.45) is 0 Å². The quantitative estimate of drug-likeness (QED) is 0.458. The van der Waals surface area contributed by atoms with Gasteiger partial charge in [0.05, 0.1) is 6.07 Å². The number of hydrogen-bond donors (Lipinski definition) is 1. The normalized spacial score (nSPS) is 11.8. The van der Waals surface area contributed by atoms with Crippen LogP contribution in [0.3, 0.4) is 0 Å². The highest BCUT2D eigenvalue weighted by atomic mass is 16.6. The second-order valence-corrected chi connectivity index (χ2v) is 3.60. The molecular formula is C11H16N2O3. The molecule has 5 nitrogen and oxygen atoms in total. The fourth-order valence-corrected chi connectivity index (χ4v) is 1.27. The van der Waals surface area contributed by atoms with Crippen molar-refractivity contribution in [3.63, 3.8) is 0 Å². The number of furan rings is 1. The van der Waals surface area contributed by atoms with E-state index in [9.17, 15) is 10.1 Å². The van der Waals surface area contributed by atoms with E-state index in [0.29, 0.717) is 5.76 Å². The van der Waals surface area contributed by atoms with Crippen LogP contribution in [-0.2, 0) is 0 Å². The lowest BCUT2D eigenvalue weighted by atomic mass is 10.2. The second-order valence-electron chi connectivity index (χ2n) is 3.60. The molecule has 0 atom stereocenters. The van der Waals surface area contributed by atoms with E-state index in [1.54, 1.807) is 12.1 Å². The van der Waals surface area contributed by atoms with Crippen LogP contribution in [0.4, 0.5) is 5.88 Å². The van der Waals surface area contributed by atoms with Crippen molar-refractivity contribution in [3.05, 3.63) is 33.6 Å². The molecule has 16 heavy (non-hydrogen) atoms. The minimum Gasteiger partial charge on any atom is -0.401 e. The molecule has 0 saturated heterocycles. The van der Waals surface area contributed by atoms with Crippen LogP contribution in [0, 0.1) is 10.1 Å². The van der Waals surface area contributed by atoms with Crippen LogP contribution >= 0.6 is 0 Å². The maximum absolute atomic E-state index is 10.4. The molecule has 0 fully saturated rings. The molecule has 1 aromatic rings. The van der Waals surface area contributed by atoms with Crippen molar-refractivity contribution in [3.8, 4) is 0 Å². The highest BCUT2D eigenvalue weighted by molar-refractivity contribution is 5.48. The number of nitrogens with zero attached hydrogens (tertiary/aromatic N) is 1. The van der Waals surface area contributed by atoms with Crippen molar-refractivity contribution in [2.75, 3.05) is 13.1 Å². The average Bonchev–Trinajstić information content (AvgIpc) is 2.66. The zero-order valence-electron chi connectivity index (χ0n) is 9.53. The summed E-state index contributed by atoms with van der Waals surface area (Å²) in [5, 5.41) is 13.6. The number of nitrogens with one attached hydrogen (secondary N) is 1. The summed E-state index contributed by atoms with van der Waals surface area (Å²) in [5.41, 5.74) is 1.08. The summed E-state index contributed by atoms with van der Waals surface area (Å²) < 4.78 is 5.02. The number of nitro groups is 1. The zero-order valence-corrected chi connectivity index (χ0v) is 9.53. The smallest absolute Gasteiger partial charge is 0.401 e. The van der Waals surface area contributed by atoms with E-state index in [1.165, 1.54) is 6.07 Å². The van der Waals surface area contributed by atoms with Gasteiger partial charge in [-0.1, -0.05) is 12.5 Å². The Hall–Kier alpha value is -1.62. The second kappa shape index (κ2) is 6.07. The van der Waals surface area contributed by atoms with Gasteiger partial charge in [0.2, 0.25) is 0 Å². The third kappa shape index (κ3) is 3.86. The molecule has 0 aliphatic heterocycles. The van der Waals surface area contributed by atoms with Gasteiger partial charge in [-0.3, -0.25) is 10.1 Å². The predicted octanol–water partition coefficient (Wildman–Crippen LogP) is 2.59. The monoisotopic (exact) mass is 224 g/mol. The Kier molecular flexibility index (Phi) is 4.72. The molecule has 0 amide bonds.